The van der Waals surface area contributed by atoms with Gasteiger partial charge in [-0.05, 0) is 6.92 Å². The number of rotatable bonds is 4. The molecule has 1 N–H and O–H groups in total. The van der Waals surface area contributed by atoms with Crippen molar-refractivity contribution in [2.45, 2.75) is 13.5 Å². The van der Waals surface area contributed by atoms with Gasteiger partial charge in [-0.25, -0.2) is 9.97 Å². The zero-order valence-electron chi connectivity index (χ0n) is 8.59. The molecule has 0 aliphatic rings. The summed E-state index contributed by atoms with van der Waals surface area (Å²) in [5.74, 6) is 0.845. The van der Waals surface area contributed by atoms with E-state index in [1.807, 2.05) is 17.7 Å². The number of aromatic nitrogens is 4. The summed E-state index contributed by atoms with van der Waals surface area (Å²) in [5, 5.41) is 3.23. The van der Waals surface area contributed by atoms with Gasteiger partial charge in [0.2, 0.25) is 0 Å². The first-order valence-electron chi connectivity index (χ1n) is 4.83. The van der Waals surface area contributed by atoms with Crippen LogP contribution in [0.2, 0.25) is 0 Å². The lowest BCUT2D eigenvalue weighted by Crippen LogP contribution is -2.11. The van der Waals surface area contributed by atoms with Crippen LogP contribution in [-0.2, 0) is 6.54 Å². The number of hydrogen-bond donors (Lipinski definition) is 1. The summed E-state index contributed by atoms with van der Waals surface area (Å²) < 4.78 is 2.01. The molecule has 0 spiro atoms. The highest BCUT2D eigenvalue weighted by Gasteiger charge is 1.97. The van der Waals surface area contributed by atoms with Gasteiger partial charge in [-0.2, -0.15) is 0 Å². The van der Waals surface area contributed by atoms with Crippen molar-refractivity contribution in [3.63, 3.8) is 0 Å². The van der Waals surface area contributed by atoms with E-state index in [1.165, 1.54) is 0 Å². The maximum atomic E-state index is 4.20. The maximum absolute atomic E-state index is 4.20. The molecule has 0 amide bonds. The summed E-state index contributed by atoms with van der Waals surface area (Å²) in [6.07, 6.45) is 8.88. The van der Waals surface area contributed by atoms with Crippen molar-refractivity contribution in [2.24, 2.45) is 0 Å². The Labute approximate surface area is 88.2 Å². The highest BCUT2D eigenvalue weighted by Crippen LogP contribution is 2.04. The Morgan fingerprint density at radius 1 is 1.27 bits per heavy atom. The summed E-state index contributed by atoms with van der Waals surface area (Å²) in [7, 11) is 0. The highest BCUT2D eigenvalue weighted by molar-refractivity contribution is 5.37. The Hall–Kier alpha value is -1.91. The summed E-state index contributed by atoms with van der Waals surface area (Å²) in [6, 6.07) is 0. The van der Waals surface area contributed by atoms with Crippen molar-refractivity contribution in [1.82, 2.24) is 19.5 Å². The van der Waals surface area contributed by atoms with Gasteiger partial charge in [-0.15, -0.1) is 0 Å². The Morgan fingerprint density at radius 3 is 2.87 bits per heavy atom. The van der Waals surface area contributed by atoms with Crippen molar-refractivity contribution in [3.05, 3.63) is 36.8 Å². The average Bonchev–Trinajstić information content (AvgIpc) is 2.74. The first-order chi connectivity index (χ1) is 7.36. The van der Waals surface area contributed by atoms with Crippen LogP contribution in [0, 0.1) is 6.92 Å². The second-order valence-electron chi connectivity index (χ2n) is 3.22. The van der Waals surface area contributed by atoms with E-state index in [0.717, 1.165) is 24.6 Å². The normalized spacial score (nSPS) is 10.2. The summed E-state index contributed by atoms with van der Waals surface area (Å²) in [5.41, 5.74) is 0.920. The van der Waals surface area contributed by atoms with Gasteiger partial charge in [0.25, 0.3) is 0 Å². The van der Waals surface area contributed by atoms with Gasteiger partial charge in [0.05, 0.1) is 12.0 Å². The molecule has 5 heteroatoms. The minimum Gasteiger partial charge on any atom is -0.367 e. The standard InChI is InChI=1S/C10H13N5/c1-9-10(13-3-2-12-9)14-5-7-15-6-4-11-8-15/h2-4,6,8H,5,7H2,1H3,(H,13,14). The van der Waals surface area contributed by atoms with Crippen molar-refractivity contribution >= 4 is 5.82 Å². The van der Waals surface area contributed by atoms with Gasteiger partial charge >= 0.3 is 0 Å². The van der Waals surface area contributed by atoms with Crippen LogP contribution in [-0.4, -0.2) is 26.1 Å². The van der Waals surface area contributed by atoms with Crippen LogP contribution in [0.3, 0.4) is 0 Å². The summed E-state index contributed by atoms with van der Waals surface area (Å²) in [6.45, 7) is 3.62. The molecule has 2 rings (SSSR count). The molecule has 0 fully saturated rings. The SMILES string of the molecule is Cc1nccnc1NCCn1ccnc1. The molecular formula is C10H13N5. The first-order valence-corrected chi connectivity index (χ1v) is 4.83. The maximum Gasteiger partial charge on any atom is 0.147 e. The Bertz CT molecular complexity index is 410. The molecule has 2 aromatic heterocycles. The van der Waals surface area contributed by atoms with Gasteiger partial charge < -0.3 is 9.88 Å². The van der Waals surface area contributed by atoms with E-state index in [2.05, 4.69) is 20.3 Å². The smallest absolute Gasteiger partial charge is 0.147 e. The molecule has 0 saturated carbocycles. The third-order valence-corrected chi connectivity index (χ3v) is 2.10. The number of anilines is 1. The molecule has 15 heavy (non-hydrogen) atoms. The zero-order chi connectivity index (χ0) is 10.5. The largest absolute Gasteiger partial charge is 0.367 e. The quantitative estimate of drug-likeness (QED) is 0.808. The van der Waals surface area contributed by atoms with Gasteiger partial charge in [-0.3, -0.25) is 4.98 Å². The molecule has 0 saturated heterocycles. The molecule has 5 nitrogen and oxygen atoms in total. The molecule has 2 aromatic rings. The van der Waals surface area contributed by atoms with E-state index in [0.29, 0.717) is 0 Å². The fourth-order valence-electron chi connectivity index (χ4n) is 1.30. The number of hydrogen-bond acceptors (Lipinski definition) is 4. The van der Waals surface area contributed by atoms with E-state index in [9.17, 15) is 0 Å². The number of imidazole rings is 1. The molecule has 0 atom stereocenters. The monoisotopic (exact) mass is 203 g/mol. The van der Waals surface area contributed by atoms with E-state index in [-0.39, 0.29) is 0 Å². The minimum atomic E-state index is 0.815. The van der Waals surface area contributed by atoms with Crippen LogP contribution in [0.1, 0.15) is 5.69 Å². The van der Waals surface area contributed by atoms with Crippen molar-refractivity contribution < 1.29 is 0 Å². The van der Waals surface area contributed by atoms with Crippen LogP contribution in [0.25, 0.3) is 0 Å². The molecule has 0 bridgehead atoms. The Balaban J connectivity index is 1.86. The zero-order valence-corrected chi connectivity index (χ0v) is 8.59. The lowest BCUT2D eigenvalue weighted by molar-refractivity contribution is 0.724. The fourth-order valence-corrected chi connectivity index (χ4v) is 1.30. The molecular weight excluding hydrogens is 190 g/mol. The molecule has 2 heterocycles. The summed E-state index contributed by atoms with van der Waals surface area (Å²) in [4.78, 5) is 12.3. The van der Waals surface area contributed by atoms with Gasteiger partial charge in [-0.1, -0.05) is 0 Å². The number of nitrogens with zero attached hydrogens (tertiary/aromatic N) is 4. The van der Waals surface area contributed by atoms with Crippen molar-refractivity contribution in [3.8, 4) is 0 Å². The van der Waals surface area contributed by atoms with Crippen LogP contribution < -0.4 is 5.32 Å². The van der Waals surface area contributed by atoms with E-state index in [1.54, 1.807) is 24.9 Å². The lowest BCUT2D eigenvalue weighted by Gasteiger charge is -2.07. The third-order valence-electron chi connectivity index (χ3n) is 2.10. The van der Waals surface area contributed by atoms with Crippen LogP contribution >= 0.6 is 0 Å². The van der Waals surface area contributed by atoms with Crippen molar-refractivity contribution in [1.29, 1.82) is 0 Å². The Kier molecular flexibility index (Phi) is 2.92. The Morgan fingerprint density at radius 2 is 2.13 bits per heavy atom. The second kappa shape index (κ2) is 4.54. The molecule has 0 unspecified atom stereocenters. The van der Waals surface area contributed by atoms with Crippen LogP contribution in [0.15, 0.2) is 31.1 Å². The van der Waals surface area contributed by atoms with Gasteiger partial charge in [0.1, 0.15) is 5.82 Å². The predicted octanol–water partition coefficient (Wildman–Crippen LogP) is 1.09. The fraction of sp³-hybridized carbons (Fsp3) is 0.300. The molecule has 0 aliphatic heterocycles. The van der Waals surface area contributed by atoms with E-state index >= 15 is 0 Å². The van der Waals surface area contributed by atoms with Crippen LogP contribution in [0.4, 0.5) is 5.82 Å². The molecule has 0 aliphatic carbocycles. The van der Waals surface area contributed by atoms with E-state index in [4.69, 9.17) is 0 Å². The lowest BCUT2D eigenvalue weighted by atomic mass is 10.4. The second-order valence-corrected chi connectivity index (χ2v) is 3.22. The van der Waals surface area contributed by atoms with E-state index < -0.39 is 0 Å². The topological polar surface area (TPSA) is 55.6 Å². The van der Waals surface area contributed by atoms with Crippen LogP contribution in [0.5, 0.6) is 0 Å². The van der Waals surface area contributed by atoms with Gasteiger partial charge in [0, 0.05) is 37.9 Å². The average molecular weight is 203 g/mol. The first kappa shape index (κ1) is 9.64. The third kappa shape index (κ3) is 2.52. The molecule has 78 valence electrons. The molecule has 0 radical (unpaired) electrons. The minimum absolute atomic E-state index is 0.815. The molecule has 0 aromatic carbocycles. The highest BCUT2D eigenvalue weighted by atomic mass is 15.1. The number of nitrogens with one attached hydrogen (secondary N) is 1. The number of aryl methyl sites for hydroxylation is 1. The predicted molar refractivity (Wildman–Crippen MR) is 57.5 cm³/mol. The van der Waals surface area contributed by atoms with Crippen molar-refractivity contribution in [2.75, 3.05) is 11.9 Å². The van der Waals surface area contributed by atoms with Gasteiger partial charge in [0.15, 0.2) is 0 Å². The summed E-state index contributed by atoms with van der Waals surface area (Å²) >= 11 is 0.